The Kier molecular flexibility index (Phi) is 14.3. The molecule has 0 N–H and O–H groups in total. The molecule has 20 heavy (non-hydrogen) atoms. The van der Waals surface area contributed by atoms with Gasteiger partial charge in [-0.25, -0.2) is 0 Å². The Bertz CT molecular complexity index is 246. The lowest BCUT2D eigenvalue weighted by Gasteiger charge is -2.02. The fraction of sp³-hybridized carbons (Fsp3) is 0.833. The highest BCUT2D eigenvalue weighted by Gasteiger charge is 2.04. The van der Waals surface area contributed by atoms with Crippen LogP contribution in [0.1, 0.15) is 96.8 Å². The first-order valence-electron chi connectivity index (χ1n) is 8.53. The summed E-state index contributed by atoms with van der Waals surface area (Å²) in [5.74, 6) is -0.203. The molecule has 0 fully saturated rings. The van der Waals surface area contributed by atoms with Crippen molar-refractivity contribution in [1.29, 1.82) is 0 Å². The number of rotatable bonds is 15. The summed E-state index contributed by atoms with van der Waals surface area (Å²) >= 11 is 0. The summed E-state index contributed by atoms with van der Waals surface area (Å²) in [6.07, 6.45) is 16.1. The van der Waals surface area contributed by atoms with Crippen molar-refractivity contribution in [2.45, 2.75) is 96.8 Å². The van der Waals surface area contributed by atoms with Gasteiger partial charge in [0.15, 0.2) is 0 Å². The van der Waals surface area contributed by atoms with Crippen LogP contribution in [0.4, 0.5) is 0 Å². The van der Waals surface area contributed by atoms with Crippen LogP contribution in [0.2, 0.25) is 0 Å². The molecule has 0 unspecified atom stereocenters. The first-order chi connectivity index (χ1) is 9.66. The Morgan fingerprint density at radius 3 is 1.50 bits per heavy atom. The van der Waals surface area contributed by atoms with Crippen molar-refractivity contribution >= 4 is 11.6 Å². The van der Waals surface area contributed by atoms with E-state index >= 15 is 0 Å². The van der Waals surface area contributed by atoms with Crippen LogP contribution in [0.15, 0.2) is 0 Å². The van der Waals surface area contributed by atoms with Crippen molar-refractivity contribution in [3.63, 3.8) is 0 Å². The maximum atomic E-state index is 11.3. The van der Waals surface area contributed by atoms with Gasteiger partial charge in [0.25, 0.3) is 0 Å². The minimum Gasteiger partial charge on any atom is -0.299 e. The van der Waals surface area contributed by atoms with Gasteiger partial charge in [0.05, 0.1) is 6.42 Å². The van der Waals surface area contributed by atoms with Crippen LogP contribution >= 0.6 is 0 Å². The minimum absolute atomic E-state index is 0.0258. The molecule has 1 radical (unpaired) electrons. The predicted octanol–water partition coefficient (Wildman–Crippen LogP) is 5.44. The quantitative estimate of drug-likeness (QED) is 0.296. The average Bonchev–Trinajstić information content (AvgIpc) is 2.39. The zero-order valence-corrected chi connectivity index (χ0v) is 13.4. The highest BCUT2D eigenvalue weighted by atomic mass is 16.1. The third-order valence-electron chi connectivity index (χ3n) is 3.70. The van der Waals surface area contributed by atoms with E-state index in [4.69, 9.17) is 0 Å². The normalized spacial score (nSPS) is 10.7. The highest BCUT2D eigenvalue weighted by Crippen LogP contribution is 2.12. The molecule has 0 amide bonds. The van der Waals surface area contributed by atoms with Crippen LogP contribution in [0.5, 0.6) is 0 Å². The van der Waals surface area contributed by atoms with Crippen LogP contribution in [0.25, 0.3) is 0 Å². The van der Waals surface area contributed by atoms with Gasteiger partial charge in [0, 0.05) is 13.3 Å². The van der Waals surface area contributed by atoms with E-state index in [0.29, 0.717) is 6.42 Å². The Morgan fingerprint density at radius 1 is 0.700 bits per heavy atom. The van der Waals surface area contributed by atoms with Crippen molar-refractivity contribution < 1.29 is 9.59 Å². The van der Waals surface area contributed by atoms with Crippen LogP contribution in [-0.2, 0) is 9.59 Å². The number of hydrogen-bond acceptors (Lipinski definition) is 2. The predicted molar refractivity (Wildman–Crippen MR) is 85.7 cm³/mol. The molecule has 0 bridgehead atoms. The number of carbonyl (C=O) groups is 2. The number of carbonyl (C=O) groups excluding carboxylic acids is 2. The maximum absolute atomic E-state index is 11.3. The van der Waals surface area contributed by atoms with E-state index in [2.05, 4.69) is 13.8 Å². The van der Waals surface area contributed by atoms with Gasteiger partial charge in [-0.15, -0.1) is 0 Å². The smallest absolute Gasteiger partial charge is 0.140 e. The topological polar surface area (TPSA) is 34.1 Å². The molecular formula is C18H33O2. The van der Waals surface area contributed by atoms with Gasteiger partial charge in [-0.3, -0.25) is 9.59 Å². The Hall–Kier alpha value is -0.660. The van der Waals surface area contributed by atoms with Crippen LogP contribution < -0.4 is 0 Å². The zero-order valence-electron chi connectivity index (χ0n) is 13.4. The van der Waals surface area contributed by atoms with Gasteiger partial charge in [-0.1, -0.05) is 77.6 Å². The van der Waals surface area contributed by atoms with Crippen molar-refractivity contribution in [2.24, 2.45) is 0 Å². The highest BCUT2D eigenvalue weighted by molar-refractivity contribution is 6.00. The van der Waals surface area contributed by atoms with Gasteiger partial charge < -0.3 is 0 Å². The van der Waals surface area contributed by atoms with E-state index in [0.717, 1.165) is 12.8 Å². The van der Waals surface area contributed by atoms with E-state index in [1.165, 1.54) is 64.2 Å². The molecule has 0 aromatic rings. The van der Waals surface area contributed by atoms with E-state index in [1.54, 1.807) is 0 Å². The molecule has 0 aromatic carbocycles. The van der Waals surface area contributed by atoms with Crippen molar-refractivity contribution in [3.8, 4) is 0 Å². The third-order valence-corrected chi connectivity index (χ3v) is 3.70. The zero-order chi connectivity index (χ0) is 15.1. The van der Waals surface area contributed by atoms with Gasteiger partial charge >= 0.3 is 0 Å². The maximum Gasteiger partial charge on any atom is 0.140 e. The van der Waals surface area contributed by atoms with Gasteiger partial charge in [0.1, 0.15) is 11.6 Å². The van der Waals surface area contributed by atoms with Crippen molar-refractivity contribution in [3.05, 3.63) is 6.92 Å². The minimum atomic E-state index is -0.256. The Balaban J connectivity index is 3.09. The lowest BCUT2D eigenvalue weighted by molar-refractivity contribution is -0.124. The number of ketones is 2. The SMILES string of the molecule is [CH2]C(=O)CC(=O)CCCCCCCCCCCCCC. The van der Waals surface area contributed by atoms with Gasteiger partial charge in [-0.05, 0) is 6.42 Å². The summed E-state index contributed by atoms with van der Waals surface area (Å²) in [5.41, 5.74) is 0. The van der Waals surface area contributed by atoms with Crippen LogP contribution in [-0.4, -0.2) is 11.6 Å². The Labute approximate surface area is 125 Å². The molecule has 0 atom stereocenters. The summed E-state index contributed by atoms with van der Waals surface area (Å²) in [4.78, 5) is 21.9. The van der Waals surface area contributed by atoms with Crippen LogP contribution in [0, 0.1) is 6.92 Å². The fourth-order valence-corrected chi connectivity index (χ4v) is 2.47. The second kappa shape index (κ2) is 14.7. The molecule has 0 aliphatic heterocycles. The molecule has 0 aliphatic rings. The van der Waals surface area contributed by atoms with Gasteiger partial charge in [-0.2, -0.15) is 0 Å². The van der Waals surface area contributed by atoms with Crippen molar-refractivity contribution in [2.75, 3.05) is 0 Å². The number of Topliss-reactive ketones (excluding diaryl/α,β-unsaturated/α-hetero) is 2. The second-order valence-electron chi connectivity index (χ2n) is 5.89. The van der Waals surface area contributed by atoms with Crippen LogP contribution in [0.3, 0.4) is 0 Å². The lowest BCUT2D eigenvalue weighted by atomic mass is 10.0. The van der Waals surface area contributed by atoms with E-state index in [1.807, 2.05) is 0 Å². The molecule has 0 aromatic heterocycles. The fourth-order valence-electron chi connectivity index (χ4n) is 2.47. The van der Waals surface area contributed by atoms with Crippen molar-refractivity contribution in [1.82, 2.24) is 0 Å². The molecule has 2 heteroatoms. The standard InChI is InChI=1S/C18H33O2/c1-3-4-5-6-7-8-9-10-11-12-13-14-15-18(20)16-17(2)19/h2-16H2,1H3. The lowest BCUT2D eigenvalue weighted by Crippen LogP contribution is -2.03. The monoisotopic (exact) mass is 281 g/mol. The largest absolute Gasteiger partial charge is 0.299 e. The first kappa shape index (κ1) is 19.3. The molecule has 0 spiro atoms. The number of hydrogen-bond donors (Lipinski definition) is 0. The number of unbranched alkanes of at least 4 members (excludes halogenated alkanes) is 11. The average molecular weight is 281 g/mol. The summed E-state index contributed by atoms with van der Waals surface area (Å²) in [7, 11) is 0. The molecular weight excluding hydrogens is 248 g/mol. The van der Waals surface area contributed by atoms with Gasteiger partial charge in [0.2, 0.25) is 0 Å². The summed E-state index contributed by atoms with van der Waals surface area (Å²) in [6.45, 7) is 5.48. The molecule has 0 aliphatic carbocycles. The molecule has 0 saturated heterocycles. The molecule has 0 heterocycles. The summed E-state index contributed by atoms with van der Waals surface area (Å²) in [6, 6.07) is 0. The van der Waals surface area contributed by atoms with E-state index in [9.17, 15) is 9.59 Å². The molecule has 0 saturated carbocycles. The summed E-state index contributed by atoms with van der Waals surface area (Å²) < 4.78 is 0. The molecule has 2 nitrogen and oxygen atoms in total. The molecule has 0 rings (SSSR count). The summed E-state index contributed by atoms with van der Waals surface area (Å²) in [5, 5.41) is 0. The first-order valence-corrected chi connectivity index (χ1v) is 8.53. The van der Waals surface area contributed by atoms with E-state index in [-0.39, 0.29) is 18.0 Å². The Morgan fingerprint density at radius 2 is 1.10 bits per heavy atom. The molecule has 117 valence electrons. The second-order valence-corrected chi connectivity index (χ2v) is 5.89. The third kappa shape index (κ3) is 15.4. The van der Waals surface area contributed by atoms with E-state index < -0.39 is 0 Å².